The normalized spacial score (nSPS) is 14.8. The molecule has 0 atom stereocenters. The van der Waals surface area contributed by atoms with Crippen molar-refractivity contribution in [1.82, 2.24) is 5.32 Å². The van der Waals surface area contributed by atoms with Crippen molar-refractivity contribution in [2.45, 2.75) is 13.5 Å². The lowest BCUT2D eigenvalue weighted by molar-refractivity contribution is -0.384. The van der Waals surface area contributed by atoms with Crippen molar-refractivity contribution in [3.63, 3.8) is 0 Å². The number of nitro groups is 1. The minimum Gasteiger partial charge on any atom is -0.488 e. The number of ether oxygens (including phenoxy) is 1. The standard InChI is InChI=1S/C25H19N3O6/c1-16-9-11-17(12-10-16)15-34-22-8-3-2-5-18(22)13-21-23(29)26-25(31)27(24(21)30)19-6-4-7-20(14-19)28(32)33/h2-14H,15H2,1H3,(H,26,29,31)/b21-13+. The number of rotatable bonds is 6. The van der Waals surface area contributed by atoms with Crippen LogP contribution in [0.4, 0.5) is 16.2 Å². The van der Waals surface area contributed by atoms with E-state index >= 15 is 0 Å². The maximum absolute atomic E-state index is 13.1. The number of hydrogen-bond donors (Lipinski definition) is 1. The highest BCUT2D eigenvalue weighted by Gasteiger charge is 2.37. The van der Waals surface area contributed by atoms with Gasteiger partial charge in [0.2, 0.25) is 0 Å². The maximum Gasteiger partial charge on any atom is 0.335 e. The topological polar surface area (TPSA) is 119 Å². The van der Waals surface area contributed by atoms with Crippen molar-refractivity contribution in [2.24, 2.45) is 0 Å². The average molecular weight is 457 g/mol. The summed E-state index contributed by atoms with van der Waals surface area (Å²) in [7, 11) is 0. The predicted molar refractivity (Wildman–Crippen MR) is 124 cm³/mol. The zero-order valence-electron chi connectivity index (χ0n) is 18.1. The maximum atomic E-state index is 13.1. The number of carbonyl (C=O) groups is 3. The lowest BCUT2D eigenvalue weighted by Gasteiger charge is -2.26. The van der Waals surface area contributed by atoms with Crippen molar-refractivity contribution >= 4 is 35.3 Å². The average Bonchev–Trinajstić information content (AvgIpc) is 2.82. The Kier molecular flexibility index (Phi) is 6.18. The Balaban J connectivity index is 1.64. The van der Waals surface area contributed by atoms with E-state index in [9.17, 15) is 24.5 Å². The monoisotopic (exact) mass is 457 g/mol. The molecule has 0 aromatic heterocycles. The fourth-order valence-electron chi connectivity index (χ4n) is 3.37. The number of amides is 4. The van der Waals surface area contributed by atoms with E-state index in [0.717, 1.165) is 17.2 Å². The molecule has 0 bridgehead atoms. The van der Waals surface area contributed by atoms with E-state index in [1.165, 1.54) is 24.3 Å². The van der Waals surface area contributed by atoms with Crippen LogP contribution in [0.25, 0.3) is 6.08 Å². The summed E-state index contributed by atoms with van der Waals surface area (Å²) in [5.74, 6) is -1.33. The van der Waals surface area contributed by atoms with E-state index in [2.05, 4.69) is 5.32 Å². The molecule has 1 saturated heterocycles. The lowest BCUT2D eigenvalue weighted by Crippen LogP contribution is -2.54. The largest absolute Gasteiger partial charge is 0.488 e. The number of nitrogens with one attached hydrogen (secondary N) is 1. The molecule has 1 heterocycles. The van der Waals surface area contributed by atoms with Gasteiger partial charge in [-0.05, 0) is 30.7 Å². The third-order valence-electron chi connectivity index (χ3n) is 5.13. The number of barbiturate groups is 1. The molecule has 4 amide bonds. The van der Waals surface area contributed by atoms with Crippen LogP contribution in [0.2, 0.25) is 0 Å². The number of benzene rings is 3. The molecule has 4 rings (SSSR count). The molecule has 34 heavy (non-hydrogen) atoms. The van der Waals surface area contributed by atoms with Crippen molar-refractivity contribution in [1.29, 1.82) is 0 Å². The highest BCUT2D eigenvalue weighted by molar-refractivity contribution is 6.39. The number of urea groups is 1. The number of nitrogens with zero attached hydrogens (tertiary/aromatic N) is 2. The number of anilines is 1. The van der Waals surface area contributed by atoms with Gasteiger partial charge >= 0.3 is 6.03 Å². The number of imide groups is 2. The Morgan fingerprint density at radius 2 is 1.74 bits per heavy atom. The molecular formula is C25H19N3O6. The molecule has 0 spiro atoms. The van der Waals surface area contributed by atoms with Gasteiger partial charge < -0.3 is 4.74 Å². The van der Waals surface area contributed by atoms with Gasteiger partial charge in [-0.3, -0.25) is 25.0 Å². The molecule has 0 radical (unpaired) electrons. The van der Waals surface area contributed by atoms with E-state index in [1.807, 2.05) is 31.2 Å². The molecule has 170 valence electrons. The number of carbonyl (C=O) groups excluding carboxylic acids is 3. The molecule has 1 aliphatic rings. The van der Waals surface area contributed by atoms with Gasteiger partial charge in [0.15, 0.2) is 0 Å². The zero-order valence-corrected chi connectivity index (χ0v) is 18.1. The quantitative estimate of drug-likeness (QED) is 0.257. The van der Waals surface area contributed by atoms with Crippen LogP contribution in [-0.4, -0.2) is 22.8 Å². The van der Waals surface area contributed by atoms with Crippen LogP contribution in [0.15, 0.2) is 78.4 Å². The van der Waals surface area contributed by atoms with Gasteiger partial charge in [-0.15, -0.1) is 0 Å². The Labute approximate surface area is 194 Å². The third-order valence-corrected chi connectivity index (χ3v) is 5.13. The summed E-state index contributed by atoms with van der Waals surface area (Å²) in [6, 6.07) is 18.7. The van der Waals surface area contributed by atoms with Crippen LogP contribution in [0.1, 0.15) is 16.7 Å². The second-order valence-electron chi connectivity index (χ2n) is 7.55. The fraction of sp³-hybridized carbons (Fsp3) is 0.0800. The van der Waals surface area contributed by atoms with E-state index in [0.29, 0.717) is 16.2 Å². The molecule has 1 N–H and O–H groups in total. The predicted octanol–water partition coefficient (Wildman–Crippen LogP) is 4.15. The van der Waals surface area contributed by atoms with E-state index in [1.54, 1.807) is 24.3 Å². The van der Waals surface area contributed by atoms with Crippen molar-refractivity contribution in [3.05, 3.63) is 105 Å². The Morgan fingerprint density at radius 1 is 1.00 bits per heavy atom. The first-order valence-electron chi connectivity index (χ1n) is 10.3. The van der Waals surface area contributed by atoms with Gasteiger partial charge in [0.25, 0.3) is 17.5 Å². The van der Waals surface area contributed by atoms with Crippen molar-refractivity contribution < 1.29 is 24.0 Å². The summed E-state index contributed by atoms with van der Waals surface area (Å²) in [4.78, 5) is 49.2. The summed E-state index contributed by atoms with van der Waals surface area (Å²) in [5, 5.41) is 13.2. The molecule has 1 aliphatic heterocycles. The van der Waals surface area contributed by atoms with Crippen LogP contribution < -0.4 is 15.0 Å². The number of non-ortho nitro benzene ring substituents is 1. The summed E-state index contributed by atoms with van der Waals surface area (Å²) in [6.45, 7) is 2.26. The molecule has 0 saturated carbocycles. The van der Waals surface area contributed by atoms with Gasteiger partial charge in [0.05, 0.1) is 10.6 Å². The van der Waals surface area contributed by atoms with Crippen LogP contribution >= 0.6 is 0 Å². The summed E-state index contributed by atoms with van der Waals surface area (Å²) in [6.07, 6.45) is 1.33. The van der Waals surface area contributed by atoms with Gasteiger partial charge in [-0.2, -0.15) is 0 Å². The molecule has 3 aromatic rings. The fourth-order valence-corrected chi connectivity index (χ4v) is 3.37. The van der Waals surface area contributed by atoms with Crippen LogP contribution in [0.5, 0.6) is 5.75 Å². The van der Waals surface area contributed by atoms with Gasteiger partial charge in [-0.25, -0.2) is 9.69 Å². The highest BCUT2D eigenvalue weighted by Crippen LogP contribution is 2.27. The van der Waals surface area contributed by atoms with E-state index in [4.69, 9.17) is 4.74 Å². The molecule has 9 nitrogen and oxygen atoms in total. The van der Waals surface area contributed by atoms with Crippen LogP contribution in [-0.2, 0) is 16.2 Å². The first kappa shape index (κ1) is 22.4. The lowest BCUT2D eigenvalue weighted by atomic mass is 10.1. The number of hydrogen-bond acceptors (Lipinski definition) is 6. The summed E-state index contributed by atoms with van der Waals surface area (Å²) >= 11 is 0. The number of nitro benzene ring substituents is 1. The zero-order chi connectivity index (χ0) is 24.2. The number of para-hydroxylation sites is 1. The van der Waals surface area contributed by atoms with Crippen molar-refractivity contribution in [2.75, 3.05) is 4.90 Å². The van der Waals surface area contributed by atoms with Gasteiger partial charge in [0.1, 0.15) is 17.9 Å². The van der Waals surface area contributed by atoms with Gasteiger partial charge in [-0.1, -0.05) is 54.1 Å². The molecule has 1 fully saturated rings. The summed E-state index contributed by atoms with van der Waals surface area (Å²) in [5.41, 5.74) is 1.90. The molecular weight excluding hydrogens is 438 g/mol. The number of aryl methyl sites for hydroxylation is 1. The second-order valence-corrected chi connectivity index (χ2v) is 7.55. The molecule has 0 aliphatic carbocycles. The van der Waals surface area contributed by atoms with E-state index in [-0.39, 0.29) is 23.6 Å². The molecule has 3 aromatic carbocycles. The van der Waals surface area contributed by atoms with Crippen LogP contribution in [0, 0.1) is 17.0 Å². The minimum absolute atomic E-state index is 0.0287. The third kappa shape index (κ3) is 4.68. The molecule has 9 heteroatoms. The van der Waals surface area contributed by atoms with Gasteiger partial charge in [0, 0.05) is 17.7 Å². The first-order valence-corrected chi connectivity index (χ1v) is 10.3. The molecule has 0 unspecified atom stereocenters. The van der Waals surface area contributed by atoms with E-state index < -0.39 is 22.8 Å². The Bertz CT molecular complexity index is 1330. The second kappa shape index (κ2) is 9.37. The SMILES string of the molecule is Cc1ccc(COc2ccccc2/C=C2\C(=O)NC(=O)N(c3cccc([N+](=O)[O-])c3)C2=O)cc1. The summed E-state index contributed by atoms with van der Waals surface area (Å²) < 4.78 is 5.91. The first-order chi connectivity index (χ1) is 16.3. The Morgan fingerprint density at radius 3 is 2.47 bits per heavy atom. The van der Waals surface area contributed by atoms with Crippen molar-refractivity contribution in [3.8, 4) is 5.75 Å². The minimum atomic E-state index is -0.989. The van der Waals surface area contributed by atoms with Crippen LogP contribution in [0.3, 0.4) is 0 Å². The highest BCUT2D eigenvalue weighted by atomic mass is 16.6. The Hall–Kier alpha value is -4.79. The smallest absolute Gasteiger partial charge is 0.335 e.